The molecule has 0 saturated carbocycles. The van der Waals surface area contributed by atoms with Gasteiger partial charge in [0, 0.05) is 19.3 Å². The molecular weight excluding hydrogens is 308 g/mol. The van der Waals surface area contributed by atoms with E-state index in [1.807, 2.05) is 32.8 Å². The SMILES string of the molecule is CCNC(C)(CC(C)Sc1nnc(N(C)C)s1)C(=O)OC. The molecule has 0 aliphatic heterocycles. The highest BCUT2D eigenvalue weighted by Gasteiger charge is 2.35. The van der Waals surface area contributed by atoms with Gasteiger partial charge in [0.25, 0.3) is 0 Å². The van der Waals surface area contributed by atoms with E-state index in [1.165, 1.54) is 7.11 Å². The van der Waals surface area contributed by atoms with Crippen LogP contribution >= 0.6 is 23.1 Å². The van der Waals surface area contributed by atoms with Gasteiger partial charge < -0.3 is 15.0 Å². The summed E-state index contributed by atoms with van der Waals surface area (Å²) >= 11 is 3.19. The fourth-order valence-electron chi connectivity index (χ4n) is 2.06. The third kappa shape index (κ3) is 5.12. The van der Waals surface area contributed by atoms with E-state index >= 15 is 0 Å². The molecule has 0 bridgehead atoms. The minimum atomic E-state index is -0.676. The number of carbonyl (C=O) groups is 1. The van der Waals surface area contributed by atoms with Gasteiger partial charge in [-0.2, -0.15) is 0 Å². The summed E-state index contributed by atoms with van der Waals surface area (Å²) in [4.78, 5) is 13.9. The van der Waals surface area contributed by atoms with Crippen LogP contribution in [-0.4, -0.2) is 54.7 Å². The van der Waals surface area contributed by atoms with E-state index in [-0.39, 0.29) is 11.2 Å². The molecule has 6 nitrogen and oxygen atoms in total. The van der Waals surface area contributed by atoms with Crippen LogP contribution in [0.2, 0.25) is 0 Å². The van der Waals surface area contributed by atoms with E-state index in [9.17, 15) is 4.79 Å². The van der Waals surface area contributed by atoms with Crippen molar-refractivity contribution in [1.82, 2.24) is 15.5 Å². The molecule has 1 N–H and O–H groups in total. The van der Waals surface area contributed by atoms with Gasteiger partial charge in [-0.15, -0.1) is 10.2 Å². The van der Waals surface area contributed by atoms with Crippen molar-refractivity contribution >= 4 is 34.2 Å². The Morgan fingerprint density at radius 1 is 1.52 bits per heavy atom. The van der Waals surface area contributed by atoms with Crippen molar-refractivity contribution in [2.24, 2.45) is 0 Å². The molecule has 0 amide bonds. The van der Waals surface area contributed by atoms with Gasteiger partial charge in [0.2, 0.25) is 5.13 Å². The predicted molar refractivity (Wildman–Crippen MR) is 88.3 cm³/mol. The smallest absolute Gasteiger partial charge is 0.325 e. The number of rotatable bonds is 8. The zero-order valence-electron chi connectivity index (χ0n) is 13.5. The number of carbonyl (C=O) groups excluding carboxylic acids is 1. The van der Waals surface area contributed by atoms with Gasteiger partial charge in [-0.1, -0.05) is 36.9 Å². The zero-order valence-corrected chi connectivity index (χ0v) is 15.1. The Morgan fingerprint density at radius 2 is 2.19 bits per heavy atom. The summed E-state index contributed by atoms with van der Waals surface area (Å²) in [6, 6.07) is 0. The number of nitrogens with one attached hydrogen (secondary N) is 1. The van der Waals surface area contributed by atoms with E-state index in [0.29, 0.717) is 13.0 Å². The minimum Gasteiger partial charge on any atom is -0.468 e. The van der Waals surface area contributed by atoms with Crippen LogP contribution < -0.4 is 10.2 Å². The summed E-state index contributed by atoms with van der Waals surface area (Å²) in [6.07, 6.45) is 0.662. The van der Waals surface area contributed by atoms with Crippen LogP contribution in [-0.2, 0) is 9.53 Å². The fourth-order valence-corrected chi connectivity index (χ4v) is 4.32. The number of hydrogen-bond donors (Lipinski definition) is 1. The number of thioether (sulfide) groups is 1. The Bertz CT molecular complexity index is 467. The van der Waals surface area contributed by atoms with Crippen LogP contribution in [0.4, 0.5) is 5.13 Å². The lowest BCUT2D eigenvalue weighted by Gasteiger charge is -2.29. The quantitative estimate of drug-likeness (QED) is 0.577. The Labute approximate surface area is 134 Å². The normalized spacial score (nSPS) is 15.3. The highest BCUT2D eigenvalue weighted by Crippen LogP contribution is 2.33. The van der Waals surface area contributed by atoms with Crippen molar-refractivity contribution < 1.29 is 9.53 Å². The molecule has 1 rings (SSSR count). The van der Waals surface area contributed by atoms with Crippen molar-refractivity contribution in [3.8, 4) is 0 Å². The lowest BCUT2D eigenvalue weighted by atomic mass is 9.96. The monoisotopic (exact) mass is 332 g/mol. The predicted octanol–water partition coefficient (Wildman–Crippen LogP) is 2.02. The van der Waals surface area contributed by atoms with E-state index < -0.39 is 5.54 Å². The van der Waals surface area contributed by atoms with Gasteiger partial charge in [0.15, 0.2) is 4.34 Å². The third-order valence-corrected chi connectivity index (χ3v) is 5.26. The highest BCUT2D eigenvalue weighted by molar-refractivity contribution is 8.01. The number of aromatic nitrogens is 2. The van der Waals surface area contributed by atoms with Gasteiger partial charge in [-0.3, -0.25) is 4.79 Å². The Morgan fingerprint density at radius 3 is 2.67 bits per heavy atom. The standard InChI is InChI=1S/C13H24N4O2S2/c1-7-14-13(3,10(18)19-6)8-9(2)20-12-16-15-11(21-12)17(4)5/h9,14H,7-8H2,1-6H3. The van der Waals surface area contributed by atoms with E-state index in [1.54, 1.807) is 23.1 Å². The van der Waals surface area contributed by atoms with Gasteiger partial charge in [0.1, 0.15) is 5.54 Å². The average molecular weight is 332 g/mol. The summed E-state index contributed by atoms with van der Waals surface area (Å²) < 4.78 is 5.82. The first-order chi connectivity index (χ1) is 9.82. The summed E-state index contributed by atoms with van der Waals surface area (Å²) in [7, 11) is 5.31. The number of esters is 1. The molecule has 1 aromatic rings. The second-order valence-corrected chi connectivity index (χ2v) is 7.87. The Balaban J connectivity index is 2.68. The summed E-state index contributed by atoms with van der Waals surface area (Å²) in [6.45, 7) is 6.66. The maximum Gasteiger partial charge on any atom is 0.325 e. The minimum absolute atomic E-state index is 0.219. The number of nitrogens with zero attached hydrogens (tertiary/aromatic N) is 3. The molecule has 1 aromatic heterocycles. The first-order valence-corrected chi connectivity index (χ1v) is 8.53. The van der Waals surface area contributed by atoms with Crippen LogP contribution in [0.5, 0.6) is 0 Å². The summed E-state index contributed by atoms with van der Waals surface area (Å²) in [5.74, 6) is -0.233. The second-order valence-electron chi connectivity index (χ2n) is 5.23. The fraction of sp³-hybridized carbons (Fsp3) is 0.769. The van der Waals surface area contributed by atoms with E-state index in [0.717, 1.165) is 9.47 Å². The maximum atomic E-state index is 12.0. The largest absolute Gasteiger partial charge is 0.468 e. The molecule has 0 radical (unpaired) electrons. The van der Waals surface area contributed by atoms with Crippen LogP contribution in [0.3, 0.4) is 0 Å². The van der Waals surface area contributed by atoms with Crippen molar-refractivity contribution in [3.05, 3.63) is 0 Å². The Kier molecular flexibility index (Phi) is 6.89. The summed E-state index contributed by atoms with van der Waals surface area (Å²) in [5.41, 5.74) is -0.676. The number of likely N-dealkylation sites (N-methyl/N-ethyl adjacent to an activating group) is 1. The molecule has 1 heterocycles. The highest BCUT2D eigenvalue weighted by atomic mass is 32.2. The van der Waals surface area contributed by atoms with E-state index in [4.69, 9.17) is 4.74 Å². The molecule has 2 unspecified atom stereocenters. The zero-order chi connectivity index (χ0) is 16.0. The summed E-state index contributed by atoms with van der Waals surface area (Å²) in [5, 5.41) is 12.6. The first kappa shape index (κ1) is 18.2. The molecule has 0 fully saturated rings. The van der Waals surface area contributed by atoms with Crippen LogP contribution in [0, 0.1) is 0 Å². The van der Waals surface area contributed by atoms with Gasteiger partial charge in [-0.05, 0) is 19.9 Å². The first-order valence-electron chi connectivity index (χ1n) is 6.83. The lowest BCUT2D eigenvalue weighted by molar-refractivity contribution is -0.148. The van der Waals surface area contributed by atoms with E-state index in [2.05, 4.69) is 22.4 Å². The Hall–Kier alpha value is -0.860. The topological polar surface area (TPSA) is 67.4 Å². The molecule has 0 aliphatic rings. The van der Waals surface area contributed by atoms with Crippen molar-refractivity contribution in [2.75, 3.05) is 32.6 Å². The number of hydrogen-bond acceptors (Lipinski definition) is 8. The molecule has 120 valence electrons. The third-order valence-electron chi connectivity index (χ3n) is 2.98. The van der Waals surface area contributed by atoms with Gasteiger partial charge in [-0.25, -0.2) is 0 Å². The van der Waals surface area contributed by atoms with Crippen molar-refractivity contribution in [2.45, 2.75) is 42.3 Å². The number of methoxy groups -OCH3 is 1. The maximum absolute atomic E-state index is 12.0. The molecular formula is C13H24N4O2S2. The van der Waals surface area contributed by atoms with Crippen LogP contribution in [0.15, 0.2) is 4.34 Å². The number of ether oxygens (including phenoxy) is 1. The average Bonchev–Trinajstić information content (AvgIpc) is 2.86. The molecule has 0 spiro atoms. The van der Waals surface area contributed by atoms with Crippen molar-refractivity contribution in [3.63, 3.8) is 0 Å². The second kappa shape index (κ2) is 7.95. The molecule has 2 atom stereocenters. The molecule has 0 aliphatic carbocycles. The number of anilines is 1. The molecule has 21 heavy (non-hydrogen) atoms. The van der Waals surface area contributed by atoms with Gasteiger partial charge in [0.05, 0.1) is 7.11 Å². The molecule has 8 heteroatoms. The van der Waals surface area contributed by atoms with Crippen LogP contribution in [0.1, 0.15) is 27.2 Å². The molecule has 0 aromatic carbocycles. The molecule has 0 saturated heterocycles. The van der Waals surface area contributed by atoms with Crippen molar-refractivity contribution in [1.29, 1.82) is 0 Å². The lowest BCUT2D eigenvalue weighted by Crippen LogP contribution is -2.51. The van der Waals surface area contributed by atoms with Crippen LogP contribution in [0.25, 0.3) is 0 Å². The van der Waals surface area contributed by atoms with Gasteiger partial charge >= 0.3 is 5.97 Å².